The van der Waals surface area contributed by atoms with Crippen molar-refractivity contribution in [3.63, 3.8) is 0 Å². The molecule has 0 unspecified atom stereocenters. The van der Waals surface area contributed by atoms with Crippen LogP contribution < -0.4 is 4.74 Å². The van der Waals surface area contributed by atoms with Gasteiger partial charge in [0.05, 0.1) is 18.7 Å². The van der Waals surface area contributed by atoms with Crippen LogP contribution in [0, 0.1) is 0 Å². The van der Waals surface area contributed by atoms with E-state index in [9.17, 15) is 9.59 Å². The summed E-state index contributed by atoms with van der Waals surface area (Å²) in [4.78, 5) is 23.9. The summed E-state index contributed by atoms with van der Waals surface area (Å²) in [5, 5.41) is 0.577. The van der Waals surface area contributed by atoms with Gasteiger partial charge in [-0.2, -0.15) is 0 Å². The summed E-state index contributed by atoms with van der Waals surface area (Å²) >= 11 is 13.0. The monoisotopic (exact) mass is 516 g/mol. The smallest absolute Gasteiger partial charge is 0.345 e. The SMILES string of the molecule is COC(=O)C(=Cc1cc(Br)cc(Br)c1OCc1ccccc1Cl)C(=O)OC. The molecule has 0 aromatic heterocycles. The van der Waals surface area contributed by atoms with Crippen molar-refractivity contribution in [2.24, 2.45) is 0 Å². The first-order valence-electron chi connectivity index (χ1n) is 7.61. The number of halogens is 3. The van der Waals surface area contributed by atoms with Crippen LogP contribution in [0.15, 0.2) is 50.9 Å². The van der Waals surface area contributed by atoms with Crippen LogP contribution in [0.2, 0.25) is 5.02 Å². The Morgan fingerprint density at radius 2 is 1.70 bits per heavy atom. The molecule has 5 nitrogen and oxygen atoms in total. The van der Waals surface area contributed by atoms with E-state index >= 15 is 0 Å². The summed E-state index contributed by atoms with van der Waals surface area (Å²) in [5.41, 5.74) is 1.02. The Labute approximate surface area is 178 Å². The number of carbonyl (C=O) groups is 2. The minimum absolute atomic E-state index is 0.201. The zero-order valence-corrected chi connectivity index (χ0v) is 18.4. The molecule has 2 aromatic rings. The highest BCUT2D eigenvalue weighted by Gasteiger charge is 2.21. The third-order valence-corrected chi connectivity index (χ3v) is 4.89. The van der Waals surface area contributed by atoms with Gasteiger partial charge < -0.3 is 14.2 Å². The molecule has 0 bridgehead atoms. The highest BCUT2D eigenvalue weighted by atomic mass is 79.9. The van der Waals surface area contributed by atoms with Crippen molar-refractivity contribution >= 4 is 61.5 Å². The molecule has 0 heterocycles. The zero-order valence-electron chi connectivity index (χ0n) is 14.4. The van der Waals surface area contributed by atoms with Gasteiger partial charge in [0.15, 0.2) is 0 Å². The predicted molar refractivity (Wildman–Crippen MR) is 110 cm³/mol. The van der Waals surface area contributed by atoms with Gasteiger partial charge in [-0.15, -0.1) is 0 Å². The maximum absolute atomic E-state index is 11.9. The molecule has 0 saturated carbocycles. The third kappa shape index (κ3) is 5.57. The molecule has 0 aliphatic carbocycles. The topological polar surface area (TPSA) is 61.8 Å². The molecule has 0 atom stereocenters. The summed E-state index contributed by atoms with van der Waals surface area (Å²) in [6, 6.07) is 10.8. The maximum Gasteiger partial charge on any atom is 0.345 e. The van der Waals surface area contributed by atoms with Crippen molar-refractivity contribution in [2.45, 2.75) is 6.61 Å². The van der Waals surface area contributed by atoms with E-state index in [1.807, 2.05) is 18.2 Å². The average Bonchev–Trinajstić information content (AvgIpc) is 2.65. The Kier molecular flexibility index (Phi) is 7.89. The summed E-state index contributed by atoms with van der Waals surface area (Å²) in [6.45, 7) is 0.201. The first kappa shape index (κ1) is 21.5. The van der Waals surface area contributed by atoms with Gasteiger partial charge in [0, 0.05) is 20.6 Å². The summed E-state index contributed by atoms with van der Waals surface area (Å²) in [6.07, 6.45) is 1.36. The lowest BCUT2D eigenvalue weighted by Crippen LogP contribution is -2.15. The fourth-order valence-electron chi connectivity index (χ4n) is 2.18. The molecule has 2 aromatic carbocycles. The van der Waals surface area contributed by atoms with E-state index in [1.54, 1.807) is 18.2 Å². The van der Waals surface area contributed by atoms with Crippen molar-refractivity contribution in [2.75, 3.05) is 14.2 Å². The van der Waals surface area contributed by atoms with Crippen LogP contribution in [0.25, 0.3) is 6.08 Å². The van der Waals surface area contributed by atoms with E-state index in [2.05, 4.69) is 41.3 Å². The zero-order chi connectivity index (χ0) is 20.0. The standard InChI is InChI=1S/C19H15Br2ClO5/c1-25-18(23)14(19(24)26-2)8-12-7-13(20)9-15(21)17(12)27-10-11-5-3-4-6-16(11)22/h3-9H,10H2,1-2H3. The molecule has 0 N–H and O–H groups in total. The Morgan fingerprint density at radius 3 is 2.30 bits per heavy atom. The highest BCUT2D eigenvalue weighted by molar-refractivity contribution is 9.11. The Bertz CT molecular complexity index is 878. The number of hydrogen-bond acceptors (Lipinski definition) is 5. The second-order valence-corrected chi connectivity index (χ2v) is 7.40. The second-order valence-electron chi connectivity index (χ2n) is 5.23. The van der Waals surface area contributed by atoms with E-state index in [1.165, 1.54) is 20.3 Å². The van der Waals surface area contributed by atoms with Gasteiger partial charge >= 0.3 is 11.9 Å². The summed E-state index contributed by atoms with van der Waals surface area (Å²) < 4.78 is 16.6. The van der Waals surface area contributed by atoms with Crippen molar-refractivity contribution in [3.05, 3.63) is 67.1 Å². The van der Waals surface area contributed by atoms with Gasteiger partial charge in [-0.3, -0.25) is 0 Å². The fourth-order valence-corrected chi connectivity index (χ4v) is 3.74. The maximum atomic E-state index is 11.9. The molecule has 0 saturated heterocycles. The lowest BCUT2D eigenvalue weighted by Gasteiger charge is -2.14. The van der Waals surface area contributed by atoms with E-state index in [0.29, 0.717) is 20.8 Å². The molecule has 27 heavy (non-hydrogen) atoms. The molecular formula is C19H15Br2ClO5. The summed E-state index contributed by atoms with van der Waals surface area (Å²) in [5.74, 6) is -1.19. The largest absolute Gasteiger partial charge is 0.487 e. The number of rotatable bonds is 6. The molecule has 0 spiro atoms. The average molecular weight is 519 g/mol. The van der Waals surface area contributed by atoms with Crippen molar-refractivity contribution in [3.8, 4) is 5.75 Å². The molecular weight excluding hydrogens is 503 g/mol. The molecule has 0 amide bonds. The summed E-state index contributed by atoms with van der Waals surface area (Å²) in [7, 11) is 2.37. The number of ether oxygens (including phenoxy) is 3. The molecule has 0 fully saturated rings. The van der Waals surface area contributed by atoms with Crippen LogP contribution in [0.3, 0.4) is 0 Å². The van der Waals surface area contributed by atoms with Crippen LogP contribution in [-0.4, -0.2) is 26.2 Å². The molecule has 0 aliphatic rings. The van der Waals surface area contributed by atoms with E-state index in [0.717, 1.165) is 10.0 Å². The number of methoxy groups -OCH3 is 2. The van der Waals surface area contributed by atoms with E-state index < -0.39 is 11.9 Å². The van der Waals surface area contributed by atoms with Gasteiger partial charge in [0.2, 0.25) is 0 Å². The first-order chi connectivity index (χ1) is 12.9. The molecule has 0 aliphatic heterocycles. The van der Waals surface area contributed by atoms with Crippen LogP contribution >= 0.6 is 43.5 Å². The predicted octanol–water partition coefficient (Wildman–Crippen LogP) is 5.17. The van der Waals surface area contributed by atoms with Gasteiger partial charge in [-0.25, -0.2) is 9.59 Å². The third-order valence-electron chi connectivity index (χ3n) is 3.48. The normalized spacial score (nSPS) is 10.1. The van der Waals surface area contributed by atoms with Crippen LogP contribution in [0.4, 0.5) is 0 Å². The van der Waals surface area contributed by atoms with Crippen molar-refractivity contribution < 1.29 is 23.8 Å². The minimum atomic E-state index is -0.810. The van der Waals surface area contributed by atoms with E-state index in [-0.39, 0.29) is 12.2 Å². The van der Waals surface area contributed by atoms with Crippen molar-refractivity contribution in [1.82, 2.24) is 0 Å². The molecule has 2 rings (SSSR count). The Hall–Kier alpha value is -1.83. The number of benzene rings is 2. The van der Waals surface area contributed by atoms with Gasteiger partial charge in [-0.05, 0) is 40.2 Å². The molecule has 8 heteroatoms. The second kappa shape index (κ2) is 9.92. The quantitative estimate of drug-likeness (QED) is 0.229. The number of carbonyl (C=O) groups excluding carboxylic acids is 2. The van der Waals surface area contributed by atoms with Crippen LogP contribution in [0.1, 0.15) is 11.1 Å². The lowest BCUT2D eigenvalue weighted by atomic mass is 10.1. The highest BCUT2D eigenvalue weighted by Crippen LogP contribution is 2.35. The Morgan fingerprint density at radius 1 is 1.07 bits per heavy atom. The molecule has 0 radical (unpaired) electrons. The van der Waals surface area contributed by atoms with Crippen LogP contribution in [-0.2, 0) is 25.7 Å². The number of esters is 2. The fraction of sp³-hybridized carbons (Fsp3) is 0.158. The van der Waals surface area contributed by atoms with Gasteiger partial charge in [0.25, 0.3) is 0 Å². The van der Waals surface area contributed by atoms with Crippen molar-refractivity contribution in [1.29, 1.82) is 0 Å². The van der Waals surface area contributed by atoms with E-state index in [4.69, 9.17) is 16.3 Å². The minimum Gasteiger partial charge on any atom is -0.487 e. The van der Waals surface area contributed by atoms with Gasteiger partial charge in [0.1, 0.15) is 17.9 Å². The number of hydrogen-bond donors (Lipinski definition) is 0. The first-order valence-corrected chi connectivity index (χ1v) is 9.57. The molecule has 142 valence electrons. The van der Waals surface area contributed by atoms with Gasteiger partial charge in [-0.1, -0.05) is 45.7 Å². The lowest BCUT2D eigenvalue weighted by molar-refractivity contribution is -0.143. The Balaban J connectivity index is 2.46. The van der Waals surface area contributed by atoms with Crippen LogP contribution in [0.5, 0.6) is 5.75 Å².